The van der Waals surface area contributed by atoms with E-state index in [9.17, 15) is 13.2 Å². The summed E-state index contributed by atoms with van der Waals surface area (Å²) in [7, 11) is -1.30. The van der Waals surface area contributed by atoms with E-state index >= 15 is 0 Å². The van der Waals surface area contributed by atoms with Crippen LogP contribution in [0.25, 0.3) is 5.57 Å². The van der Waals surface area contributed by atoms with E-state index in [0.29, 0.717) is 25.9 Å². The van der Waals surface area contributed by atoms with Crippen LogP contribution in [-0.2, 0) is 14.6 Å². The number of carbonyl (C=O) groups is 1. The first-order chi connectivity index (χ1) is 11.0. The highest BCUT2D eigenvalue weighted by Crippen LogP contribution is 2.27. The van der Waals surface area contributed by atoms with Gasteiger partial charge in [0, 0.05) is 19.0 Å². The average Bonchev–Trinajstić information content (AvgIpc) is 3.04. The van der Waals surface area contributed by atoms with Gasteiger partial charge in [-0.15, -0.1) is 0 Å². The number of nitrogens with zero attached hydrogens (tertiary/aromatic N) is 1. The fraction of sp³-hybridized carbons (Fsp3) is 0.471. The second-order valence-electron chi connectivity index (χ2n) is 6.11. The van der Waals surface area contributed by atoms with Crippen molar-refractivity contribution in [2.24, 2.45) is 5.92 Å². The molecule has 1 aromatic carbocycles. The Morgan fingerprint density at radius 3 is 2.70 bits per heavy atom. The molecule has 124 valence electrons. The number of benzene rings is 1. The normalized spacial score (nSPS) is 21.1. The minimum absolute atomic E-state index is 0.0778. The summed E-state index contributed by atoms with van der Waals surface area (Å²) in [4.78, 5) is 14.4. The first-order valence-electron chi connectivity index (χ1n) is 7.81. The summed E-state index contributed by atoms with van der Waals surface area (Å²) in [5.74, 6) is 0.984. The van der Waals surface area contributed by atoms with Crippen molar-refractivity contribution >= 4 is 21.3 Å². The molecule has 0 aromatic heterocycles. The maximum Gasteiger partial charge on any atom is 0.226 e. The Hall–Kier alpha value is -1.82. The highest BCUT2D eigenvalue weighted by atomic mass is 32.2. The van der Waals surface area contributed by atoms with E-state index in [4.69, 9.17) is 4.74 Å². The van der Waals surface area contributed by atoms with Crippen LogP contribution in [0, 0.1) is 5.92 Å². The summed E-state index contributed by atoms with van der Waals surface area (Å²) in [5.41, 5.74) is 2.17. The average molecular weight is 335 g/mol. The van der Waals surface area contributed by atoms with Crippen LogP contribution in [0.2, 0.25) is 0 Å². The molecular formula is C17H21NO4S. The molecule has 6 heteroatoms. The van der Waals surface area contributed by atoms with E-state index in [1.54, 1.807) is 7.11 Å². The number of hydrogen-bond donors (Lipinski definition) is 0. The van der Waals surface area contributed by atoms with Crippen LogP contribution in [0.1, 0.15) is 18.4 Å². The first kappa shape index (κ1) is 16.1. The third kappa shape index (κ3) is 3.58. The maximum absolute atomic E-state index is 12.6. The monoisotopic (exact) mass is 335 g/mol. The number of carbonyl (C=O) groups excluding carboxylic acids is 1. The van der Waals surface area contributed by atoms with Gasteiger partial charge in [-0.1, -0.05) is 18.2 Å². The lowest BCUT2D eigenvalue weighted by Gasteiger charge is -2.26. The van der Waals surface area contributed by atoms with Crippen molar-refractivity contribution in [2.75, 3.05) is 31.7 Å². The Kier molecular flexibility index (Phi) is 4.43. The number of rotatable bonds is 3. The lowest BCUT2D eigenvalue weighted by Crippen LogP contribution is -2.38. The fourth-order valence-electron chi connectivity index (χ4n) is 3.15. The summed E-state index contributed by atoms with van der Waals surface area (Å²) >= 11 is 0. The number of sulfone groups is 1. The number of hydrogen-bond acceptors (Lipinski definition) is 4. The Morgan fingerprint density at radius 2 is 2.00 bits per heavy atom. The smallest absolute Gasteiger partial charge is 0.226 e. The second kappa shape index (κ2) is 6.35. The van der Waals surface area contributed by atoms with Crippen LogP contribution in [-0.4, -0.2) is 50.9 Å². The lowest BCUT2D eigenvalue weighted by atomic mass is 10.0. The third-order valence-electron chi connectivity index (χ3n) is 4.58. The number of amides is 1. The molecule has 0 saturated carbocycles. The van der Waals surface area contributed by atoms with Gasteiger partial charge in [0.1, 0.15) is 15.6 Å². The van der Waals surface area contributed by atoms with Crippen molar-refractivity contribution in [3.63, 3.8) is 0 Å². The molecule has 0 bridgehead atoms. The van der Waals surface area contributed by atoms with Gasteiger partial charge in [0.05, 0.1) is 18.6 Å². The van der Waals surface area contributed by atoms with E-state index in [-0.39, 0.29) is 23.3 Å². The zero-order valence-electron chi connectivity index (χ0n) is 13.2. The van der Waals surface area contributed by atoms with E-state index in [1.807, 2.05) is 29.2 Å². The first-order valence-corrected chi connectivity index (χ1v) is 9.63. The largest absolute Gasteiger partial charge is 0.497 e. The third-order valence-corrected chi connectivity index (χ3v) is 6.29. The van der Waals surface area contributed by atoms with E-state index < -0.39 is 9.84 Å². The van der Waals surface area contributed by atoms with Crippen LogP contribution in [0.3, 0.4) is 0 Å². The van der Waals surface area contributed by atoms with Gasteiger partial charge in [0.15, 0.2) is 0 Å². The minimum atomic E-state index is -2.93. The van der Waals surface area contributed by atoms with Gasteiger partial charge in [0.2, 0.25) is 5.91 Å². The molecule has 1 amide bonds. The van der Waals surface area contributed by atoms with E-state index in [1.165, 1.54) is 0 Å². The molecule has 0 unspecified atom stereocenters. The molecule has 3 rings (SSSR count). The van der Waals surface area contributed by atoms with Crippen molar-refractivity contribution in [1.29, 1.82) is 0 Å². The van der Waals surface area contributed by atoms with E-state index in [2.05, 4.69) is 6.08 Å². The lowest BCUT2D eigenvalue weighted by molar-refractivity contribution is -0.134. The Morgan fingerprint density at radius 1 is 1.26 bits per heavy atom. The molecule has 0 atom stereocenters. The molecule has 1 aromatic rings. The molecule has 23 heavy (non-hydrogen) atoms. The molecule has 0 spiro atoms. The van der Waals surface area contributed by atoms with Crippen LogP contribution < -0.4 is 4.74 Å². The SMILES string of the molecule is COc1cccc(C2=CCN(C(=O)C3CCS(=O)(=O)CC3)C2)c1. The predicted molar refractivity (Wildman–Crippen MR) is 88.9 cm³/mol. The minimum Gasteiger partial charge on any atom is -0.497 e. The molecule has 2 aliphatic rings. The highest BCUT2D eigenvalue weighted by Gasteiger charge is 2.32. The van der Waals surface area contributed by atoms with Crippen LogP contribution in [0.4, 0.5) is 0 Å². The Labute approximate surface area is 136 Å². The molecule has 2 heterocycles. The summed E-state index contributed by atoms with van der Waals surface area (Å²) in [5, 5.41) is 0. The molecule has 5 nitrogen and oxygen atoms in total. The molecule has 0 aliphatic carbocycles. The predicted octanol–water partition coefficient (Wildman–Crippen LogP) is 1.75. The van der Waals surface area contributed by atoms with Gasteiger partial charge in [-0.05, 0) is 36.1 Å². The topological polar surface area (TPSA) is 63.7 Å². The van der Waals surface area contributed by atoms with Crippen LogP contribution >= 0.6 is 0 Å². The van der Waals surface area contributed by atoms with Gasteiger partial charge < -0.3 is 9.64 Å². The molecule has 0 N–H and O–H groups in total. The van der Waals surface area contributed by atoms with Crippen molar-refractivity contribution in [1.82, 2.24) is 4.90 Å². The Balaban J connectivity index is 1.63. The van der Waals surface area contributed by atoms with Crippen molar-refractivity contribution < 1.29 is 17.9 Å². The fourth-order valence-corrected chi connectivity index (χ4v) is 4.64. The van der Waals surface area contributed by atoms with Crippen molar-refractivity contribution in [3.05, 3.63) is 35.9 Å². The number of methoxy groups -OCH3 is 1. The van der Waals surface area contributed by atoms with Crippen molar-refractivity contribution in [3.8, 4) is 5.75 Å². The summed E-state index contributed by atoms with van der Waals surface area (Å²) in [6.45, 7) is 1.17. The standard InChI is InChI=1S/C17H21NO4S/c1-22-16-4-2-3-14(11-16)15-5-8-18(12-15)17(19)13-6-9-23(20,21)10-7-13/h2-5,11,13H,6-10,12H2,1H3. The maximum atomic E-state index is 12.6. The summed E-state index contributed by atoms with van der Waals surface area (Å²) in [6, 6.07) is 7.80. The van der Waals surface area contributed by atoms with Crippen LogP contribution in [0.15, 0.2) is 30.3 Å². The molecule has 0 radical (unpaired) electrons. The van der Waals surface area contributed by atoms with Gasteiger partial charge in [-0.25, -0.2) is 8.42 Å². The zero-order valence-corrected chi connectivity index (χ0v) is 14.0. The number of ether oxygens (including phenoxy) is 1. The van der Waals surface area contributed by atoms with Crippen molar-refractivity contribution in [2.45, 2.75) is 12.8 Å². The van der Waals surface area contributed by atoms with Crippen LogP contribution in [0.5, 0.6) is 5.75 Å². The Bertz CT molecular complexity index is 725. The highest BCUT2D eigenvalue weighted by molar-refractivity contribution is 7.91. The summed E-state index contributed by atoms with van der Waals surface area (Å²) in [6.07, 6.45) is 2.96. The second-order valence-corrected chi connectivity index (χ2v) is 8.41. The summed E-state index contributed by atoms with van der Waals surface area (Å²) < 4.78 is 28.2. The molecular weight excluding hydrogens is 314 g/mol. The molecule has 2 aliphatic heterocycles. The van der Waals surface area contributed by atoms with Gasteiger partial charge in [0.25, 0.3) is 0 Å². The van der Waals surface area contributed by atoms with Gasteiger partial charge in [-0.2, -0.15) is 0 Å². The molecule has 1 fully saturated rings. The van der Waals surface area contributed by atoms with Gasteiger partial charge in [-0.3, -0.25) is 4.79 Å². The van der Waals surface area contributed by atoms with Gasteiger partial charge >= 0.3 is 0 Å². The quantitative estimate of drug-likeness (QED) is 0.844. The zero-order chi connectivity index (χ0) is 16.4. The molecule has 1 saturated heterocycles. The van der Waals surface area contributed by atoms with E-state index in [0.717, 1.165) is 16.9 Å².